The normalized spacial score (nSPS) is 19.4. The lowest BCUT2D eigenvalue weighted by Gasteiger charge is -2.23. The maximum absolute atomic E-state index is 12.5. The number of thiophene rings is 1. The minimum absolute atomic E-state index is 0.0217. The van der Waals surface area contributed by atoms with Gasteiger partial charge in [0.15, 0.2) is 5.76 Å². The van der Waals surface area contributed by atoms with Crippen molar-refractivity contribution in [1.29, 1.82) is 0 Å². The number of hydrogen-bond acceptors (Lipinski definition) is 3. The summed E-state index contributed by atoms with van der Waals surface area (Å²) in [4.78, 5) is 15.7. The summed E-state index contributed by atoms with van der Waals surface area (Å²) in [5, 5.41) is 2.06. The quantitative estimate of drug-likeness (QED) is 0.827. The predicted molar refractivity (Wildman–Crippen MR) is 70.8 cm³/mol. The van der Waals surface area contributed by atoms with E-state index in [1.165, 1.54) is 4.88 Å². The van der Waals surface area contributed by atoms with Crippen LogP contribution in [0, 0.1) is 6.92 Å². The molecule has 94 valence electrons. The van der Waals surface area contributed by atoms with E-state index in [-0.39, 0.29) is 11.9 Å². The Labute approximate surface area is 110 Å². The van der Waals surface area contributed by atoms with E-state index < -0.39 is 0 Å². The maximum atomic E-state index is 12.5. The standard InChI is InChI=1S/C14H15NO2S/c1-10-6-8-17-13(10)14(16)15-7-2-4-11(15)12-5-3-9-18-12/h3,5-6,8-9,11H,2,4,7H2,1H3. The van der Waals surface area contributed by atoms with Crippen LogP contribution in [0.1, 0.15) is 39.9 Å². The number of hydrogen-bond donors (Lipinski definition) is 0. The molecule has 2 aromatic heterocycles. The molecule has 1 fully saturated rings. The predicted octanol–water partition coefficient (Wildman–Crippen LogP) is 3.63. The number of nitrogens with zero attached hydrogens (tertiary/aromatic N) is 1. The molecule has 18 heavy (non-hydrogen) atoms. The van der Waals surface area contributed by atoms with E-state index in [1.807, 2.05) is 24.0 Å². The van der Waals surface area contributed by atoms with E-state index in [4.69, 9.17) is 4.42 Å². The van der Waals surface area contributed by atoms with Gasteiger partial charge in [-0.3, -0.25) is 4.79 Å². The van der Waals surface area contributed by atoms with E-state index in [2.05, 4.69) is 11.4 Å². The topological polar surface area (TPSA) is 33.5 Å². The van der Waals surface area contributed by atoms with Gasteiger partial charge in [-0.1, -0.05) is 6.07 Å². The first-order valence-electron chi connectivity index (χ1n) is 6.16. The Bertz CT molecular complexity index is 544. The number of amides is 1. The first-order chi connectivity index (χ1) is 8.77. The van der Waals surface area contributed by atoms with Gasteiger partial charge in [-0.05, 0) is 37.3 Å². The van der Waals surface area contributed by atoms with Gasteiger partial charge in [0.1, 0.15) is 0 Å². The lowest BCUT2D eigenvalue weighted by Crippen LogP contribution is -2.30. The zero-order valence-corrected chi connectivity index (χ0v) is 11.1. The second-order valence-electron chi connectivity index (χ2n) is 4.60. The molecular weight excluding hydrogens is 246 g/mol. The van der Waals surface area contributed by atoms with Crippen LogP contribution < -0.4 is 0 Å². The van der Waals surface area contributed by atoms with Crippen molar-refractivity contribution in [3.05, 3.63) is 46.0 Å². The smallest absolute Gasteiger partial charge is 0.290 e. The molecule has 3 heterocycles. The molecule has 1 unspecified atom stereocenters. The van der Waals surface area contributed by atoms with Crippen LogP contribution in [-0.4, -0.2) is 17.4 Å². The van der Waals surface area contributed by atoms with Crippen LogP contribution in [0.25, 0.3) is 0 Å². The van der Waals surface area contributed by atoms with Gasteiger partial charge in [-0.15, -0.1) is 11.3 Å². The molecule has 1 aliphatic rings. The average Bonchev–Trinajstić information content (AvgIpc) is 3.09. The molecule has 0 aromatic carbocycles. The van der Waals surface area contributed by atoms with Crippen LogP contribution in [-0.2, 0) is 0 Å². The lowest BCUT2D eigenvalue weighted by molar-refractivity contribution is 0.0704. The highest BCUT2D eigenvalue weighted by Gasteiger charge is 2.32. The van der Waals surface area contributed by atoms with E-state index in [9.17, 15) is 4.79 Å². The Morgan fingerprint density at radius 3 is 3.06 bits per heavy atom. The van der Waals surface area contributed by atoms with Gasteiger partial charge < -0.3 is 9.32 Å². The van der Waals surface area contributed by atoms with Gasteiger partial charge >= 0.3 is 0 Å². The molecule has 1 aliphatic heterocycles. The van der Waals surface area contributed by atoms with Crippen LogP contribution in [0.5, 0.6) is 0 Å². The van der Waals surface area contributed by atoms with Gasteiger partial charge in [0.25, 0.3) is 5.91 Å². The second kappa shape index (κ2) is 4.61. The first-order valence-corrected chi connectivity index (χ1v) is 7.04. The molecule has 0 bridgehead atoms. The highest BCUT2D eigenvalue weighted by molar-refractivity contribution is 7.10. The Kier molecular flexibility index (Phi) is 2.96. The van der Waals surface area contributed by atoms with E-state index >= 15 is 0 Å². The number of carbonyl (C=O) groups is 1. The fraction of sp³-hybridized carbons (Fsp3) is 0.357. The number of likely N-dealkylation sites (tertiary alicyclic amines) is 1. The minimum atomic E-state index is 0.0217. The van der Waals surface area contributed by atoms with Crippen molar-refractivity contribution in [1.82, 2.24) is 4.90 Å². The molecule has 0 radical (unpaired) electrons. The average molecular weight is 261 g/mol. The fourth-order valence-corrected chi connectivity index (χ4v) is 3.38. The van der Waals surface area contributed by atoms with Crippen LogP contribution in [0.15, 0.2) is 34.3 Å². The molecule has 3 nitrogen and oxygen atoms in total. The minimum Gasteiger partial charge on any atom is -0.459 e. The monoisotopic (exact) mass is 261 g/mol. The third kappa shape index (κ3) is 1.86. The van der Waals surface area contributed by atoms with Gasteiger partial charge in [0.05, 0.1) is 12.3 Å². The lowest BCUT2D eigenvalue weighted by atomic mass is 10.1. The molecule has 1 saturated heterocycles. The summed E-state index contributed by atoms with van der Waals surface area (Å²) >= 11 is 1.72. The molecule has 3 rings (SSSR count). The zero-order valence-electron chi connectivity index (χ0n) is 10.3. The maximum Gasteiger partial charge on any atom is 0.290 e. The molecule has 2 aromatic rings. The van der Waals surface area contributed by atoms with Gasteiger partial charge in [-0.25, -0.2) is 0 Å². The molecule has 4 heteroatoms. The van der Waals surface area contributed by atoms with Crippen molar-refractivity contribution in [2.24, 2.45) is 0 Å². The van der Waals surface area contributed by atoms with E-state index in [1.54, 1.807) is 17.6 Å². The molecule has 0 spiro atoms. The Balaban J connectivity index is 1.88. The summed E-state index contributed by atoms with van der Waals surface area (Å²) in [5.74, 6) is 0.506. The van der Waals surface area contributed by atoms with Crippen molar-refractivity contribution in [3.8, 4) is 0 Å². The van der Waals surface area contributed by atoms with E-state index in [0.29, 0.717) is 5.76 Å². The highest BCUT2D eigenvalue weighted by Crippen LogP contribution is 2.35. The SMILES string of the molecule is Cc1ccoc1C(=O)N1CCCC1c1cccs1. The van der Waals surface area contributed by atoms with Crippen molar-refractivity contribution < 1.29 is 9.21 Å². The third-order valence-corrected chi connectivity index (χ3v) is 4.42. The molecule has 0 saturated carbocycles. The molecule has 1 atom stereocenters. The van der Waals surface area contributed by atoms with Gasteiger partial charge in [-0.2, -0.15) is 0 Å². The summed E-state index contributed by atoms with van der Waals surface area (Å²) < 4.78 is 5.32. The van der Waals surface area contributed by atoms with Crippen LogP contribution >= 0.6 is 11.3 Å². The Morgan fingerprint density at radius 2 is 2.39 bits per heavy atom. The molecule has 0 N–H and O–H groups in total. The Hall–Kier alpha value is -1.55. The summed E-state index contributed by atoms with van der Waals surface area (Å²) in [6.45, 7) is 2.73. The van der Waals surface area contributed by atoms with Gasteiger partial charge in [0, 0.05) is 17.0 Å². The van der Waals surface area contributed by atoms with Crippen molar-refractivity contribution in [2.75, 3.05) is 6.54 Å². The second-order valence-corrected chi connectivity index (χ2v) is 5.58. The Morgan fingerprint density at radius 1 is 1.50 bits per heavy atom. The first kappa shape index (κ1) is 11.5. The van der Waals surface area contributed by atoms with Crippen molar-refractivity contribution in [3.63, 3.8) is 0 Å². The summed E-state index contributed by atoms with van der Waals surface area (Å²) in [5.41, 5.74) is 0.914. The molecule has 0 aliphatic carbocycles. The van der Waals surface area contributed by atoms with Crippen LogP contribution in [0.3, 0.4) is 0 Å². The number of furan rings is 1. The van der Waals surface area contributed by atoms with Crippen LogP contribution in [0.4, 0.5) is 0 Å². The molecule has 1 amide bonds. The number of rotatable bonds is 2. The third-order valence-electron chi connectivity index (χ3n) is 3.44. The zero-order chi connectivity index (χ0) is 12.5. The summed E-state index contributed by atoms with van der Waals surface area (Å²) in [7, 11) is 0. The van der Waals surface area contributed by atoms with E-state index in [0.717, 1.165) is 24.9 Å². The summed E-state index contributed by atoms with van der Waals surface area (Å²) in [6, 6.07) is 6.21. The fourth-order valence-electron chi connectivity index (χ4n) is 2.51. The van der Waals surface area contributed by atoms with Crippen molar-refractivity contribution >= 4 is 17.2 Å². The largest absolute Gasteiger partial charge is 0.459 e. The molecular formula is C14H15NO2S. The van der Waals surface area contributed by atoms with Crippen LogP contribution in [0.2, 0.25) is 0 Å². The number of carbonyl (C=O) groups excluding carboxylic acids is 1. The summed E-state index contributed by atoms with van der Waals surface area (Å²) in [6.07, 6.45) is 3.69. The highest BCUT2D eigenvalue weighted by atomic mass is 32.1. The van der Waals surface area contributed by atoms with Crippen molar-refractivity contribution in [2.45, 2.75) is 25.8 Å². The van der Waals surface area contributed by atoms with Gasteiger partial charge in [0.2, 0.25) is 0 Å². The number of aryl methyl sites for hydroxylation is 1.